The average molecular weight is 272 g/mol. The second-order valence-electron chi connectivity index (χ2n) is 5.85. The fraction of sp³-hybridized carbons (Fsp3) is 0.500. The summed E-state index contributed by atoms with van der Waals surface area (Å²) in [5, 5.41) is 12.0. The molecule has 0 aromatic heterocycles. The zero-order valence-electron chi connectivity index (χ0n) is 12.1. The van der Waals surface area contributed by atoms with E-state index in [0.717, 1.165) is 5.75 Å². The van der Waals surface area contributed by atoms with Crippen molar-refractivity contribution in [1.82, 2.24) is 0 Å². The van der Waals surface area contributed by atoms with Crippen LogP contribution in [0.15, 0.2) is 24.3 Å². The highest BCUT2D eigenvalue weighted by molar-refractivity contribution is 5.98. The lowest BCUT2D eigenvalue weighted by Crippen LogP contribution is -2.45. The van der Waals surface area contributed by atoms with Gasteiger partial charge in [0.15, 0.2) is 0 Å². The molecule has 20 heavy (non-hydrogen) atoms. The van der Waals surface area contributed by atoms with Crippen molar-refractivity contribution >= 4 is 11.6 Å². The van der Waals surface area contributed by atoms with E-state index in [1.807, 2.05) is 26.0 Å². The van der Waals surface area contributed by atoms with E-state index >= 15 is 0 Å². The highest BCUT2D eigenvalue weighted by Crippen LogP contribution is 2.45. The Bertz CT molecular complexity index is 522. The first-order valence-electron chi connectivity index (χ1n) is 6.94. The minimum atomic E-state index is -0.841. The molecule has 2 rings (SSSR count). The summed E-state index contributed by atoms with van der Waals surface area (Å²) in [4.78, 5) is 12.2. The molecule has 0 aliphatic heterocycles. The summed E-state index contributed by atoms with van der Waals surface area (Å²) < 4.78 is 5.54. The van der Waals surface area contributed by atoms with Crippen LogP contribution in [-0.4, -0.2) is 12.0 Å². The van der Waals surface area contributed by atoms with Gasteiger partial charge in [-0.15, -0.1) is 0 Å². The molecule has 1 fully saturated rings. The maximum absolute atomic E-state index is 12.2. The van der Waals surface area contributed by atoms with Crippen molar-refractivity contribution in [2.45, 2.75) is 39.7 Å². The zero-order valence-corrected chi connectivity index (χ0v) is 12.1. The molecule has 0 heterocycles. The predicted molar refractivity (Wildman–Crippen MR) is 77.3 cm³/mol. The number of amides is 1. The molecule has 1 aromatic carbocycles. The fourth-order valence-corrected chi connectivity index (χ4v) is 2.60. The van der Waals surface area contributed by atoms with E-state index in [2.05, 4.69) is 18.3 Å². The van der Waals surface area contributed by atoms with Crippen LogP contribution in [0.25, 0.3) is 0 Å². The van der Waals surface area contributed by atoms with Crippen LogP contribution in [0, 0.1) is 22.7 Å². The third kappa shape index (κ3) is 2.93. The second-order valence-corrected chi connectivity index (χ2v) is 5.85. The van der Waals surface area contributed by atoms with E-state index in [1.165, 1.54) is 0 Å². The maximum atomic E-state index is 12.2. The fourth-order valence-electron chi connectivity index (χ4n) is 2.60. The van der Waals surface area contributed by atoms with Crippen LogP contribution in [0.3, 0.4) is 0 Å². The maximum Gasteiger partial charge on any atom is 0.244 e. The molecule has 1 aliphatic rings. The molecule has 1 aliphatic carbocycles. The zero-order chi connectivity index (χ0) is 14.8. The van der Waals surface area contributed by atoms with Gasteiger partial charge in [0.05, 0.1) is 12.2 Å². The van der Waals surface area contributed by atoms with E-state index in [-0.39, 0.29) is 12.0 Å². The second kappa shape index (κ2) is 5.54. The minimum absolute atomic E-state index is 0.119. The Morgan fingerprint density at radius 2 is 2.00 bits per heavy atom. The van der Waals surface area contributed by atoms with Gasteiger partial charge >= 0.3 is 0 Å². The number of anilines is 1. The van der Waals surface area contributed by atoms with E-state index in [1.54, 1.807) is 12.1 Å². The van der Waals surface area contributed by atoms with Gasteiger partial charge in [-0.25, -0.2) is 0 Å². The van der Waals surface area contributed by atoms with Gasteiger partial charge in [-0.2, -0.15) is 5.26 Å². The van der Waals surface area contributed by atoms with Crippen molar-refractivity contribution in [3.8, 4) is 11.8 Å². The van der Waals surface area contributed by atoms with Gasteiger partial charge in [-0.05, 0) is 56.9 Å². The van der Waals surface area contributed by atoms with Crippen molar-refractivity contribution in [1.29, 1.82) is 5.26 Å². The third-order valence-electron chi connectivity index (χ3n) is 3.53. The third-order valence-corrected chi connectivity index (χ3v) is 3.53. The normalized spacial score (nSPS) is 24.6. The van der Waals surface area contributed by atoms with Crippen molar-refractivity contribution in [2.75, 3.05) is 5.32 Å². The lowest BCUT2D eigenvalue weighted by Gasteiger charge is -2.39. The molecule has 4 nitrogen and oxygen atoms in total. The molecule has 0 unspecified atom stereocenters. The highest BCUT2D eigenvalue weighted by atomic mass is 16.5. The largest absolute Gasteiger partial charge is 0.491 e. The van der Waals surface area contributed by atoms with Gasteiger partial charge in [-0.1, -0.05) is 6.92 Å². The van der Waals surface area contributed by atoms with Gasteiger partial charge in [0.25, 0.3) is 0 Å². The molecule has 0 radical (unpaired) electrons. The molecular formula is C16H20N2O2. The number of nitrogens with one attached hydrogen (secondary N) is 1. The first-order chi connectivity index (χ1) is 9.45. The number of benzene rings is 1. The van der Waals surface area contributed by atoms with Crippen molar-refractivity contribution in [3.63, 3.8) is 0 Å². The minimum Gasteiger partial charge on any atom is -0.491 e. The monoisotopic (exact) mass is 272 g/mol. The van der Waals surface area contributed by atoms with Crippen molar-refractivity contribution < 1.29 is 9.53 Å². The number of ether oxygens (including phenoxy) is 1. The molecule has 106 valence electrons. The Kier molecular flexibility index (Phi) is 3.99. The number of nitrogens with zero attached hydrogens (tertiary/aromatic N) is 1. The van der Waals surface area contributed by atoms with E-state index in [4.69, 9.17) is 4.74 Å². The van der Waals surface area contributed by atoms with Gasteiger partial charge in [0.2, 0.25) is 5.91 Å². The summed E-state index contributed by atoms with van der Waals surface area (Å²) >= 11 is 0. The van der Waals surface area contributed by atoms with E-state index in [0.29, 0.717) is 24.4 Å². The van der Waals surface area contributed by atoms with Crippen molar-refractivity contribution in [3.05, 3.63) is 24.3 Å². The standard InChI is InChI=1S/C16H20N2O2/c1-11(2)20-14-6-4-13(5-7-14)18-15(19)16(10-17)8-12(3)9-16/h4-7,11-12H,8-9H2,1-3H3,(H,18,19). The van der Waals surface area contributed by atoms with E-state index in [9.17, 15) is 10.1 Å². The molecule has 1 aromatic rings. The van der Waals surface area contributed by atoms with Gasteiger partial charge in [0.1, 0.15) is 11.2 Å². The molecule has 1 saturated carbocycles. The average Bonchev–Trinajstić information content (AvgIpc) is 2.36. The Morgan fingerprint density at radius 1 is 1.40 bits per heavy atom. The summed E-state index contributed by atoms with van der Waals surface area (Å²) in [5.74, 6) is 1.02. The first-order valence-corrected chi connectivity index (χ1v) is 6.94. The SMILES string of the molecule is CC1CC(C#N)(C(=O)Nc2ccc(OC(C)C)cc2)C1. The molecular weight excluding hydrogens is 252 g/mol. The van der Waals surface area contributed by atoms with Crippen LogP contribution in [0.2, 0.25) is 0 Å². The van der Waals surface area contributed by atoms with E-state index < -0.39 is 5.41 Å². The molecule has 0 spiro atoms. The van der Waals surface area contributed by atoms with Crippen LogP contribution in [0.5, 0.6) is 5.75 Å². The molecule has 1 amide bonds. The van der Waals surface area contributed by atoms with Crippen LogP contribution < -0.4 is 10.1 Å². The Labute approximate surface area is 119 Å². The number of rotatable bonds is 4. The molecule has 0 atom stereocenters. The highest BCUT2D eigenvalue weighted by Gasteiger charge is 2.48. The summed E-state index contributed by atoms with van der Waals surface area (Å²) in [6, 6.07) is 9.39. The molecule has 4 heteroatoms. The first kappa shape index (κ1) is 14.4. The van der Waals surface area contributed by atoms with Crippen LogP contribution >= 0.6 is 0 Å². The Balaban J connectivity index is 2.00. The number of nitriles is 1. The topological polar surface area (TPSA) is 62.1 Å². The quantitative estimate of drug-likeness (QED) is 0.914. The van der Waals surface area contributed by atoms with Gasteiger partial charge < -0.3 is 10.1 Å². The number of hydrogen-bond acceptors (Lipinski definition) is 3. The molecule has 0 saturated heterocycles. The van der Waals surface area contributed by atoms with Crippen LogP contribution in [0.1, 0.15) is 33.6 Å². The van der Waals surface area contributed by atoms with Gasteiger partial charge in [0, 0.05) is 5.69 Å². The number of hydrogen-bond donors (Lipinski definition) is 1. The van der Waals surface area contributed by atoms with Crippen LogP contribution in [0.4, 0.5) is 5.69 Å². The summed E-state index contributed by atoms with van der Waals surface area (Å²) in [5.41, 5.74) is -0.146. The Hall–Kier alpha value is -2.02. The smallest absolute Gasteiger partial charge is 0.244 e. The summed E-state index contributed by atoms with van der Waals surface area (Å²) in [6.45, 7) is 5.98. The number of carbonyl (C=O) groups is 1. The van der Waals surface area contributed by atoms with Crippen LogP contribution in [-0.2, 0) is 4.79 Å². The lowest BCUT2D eigenvalue weighted by atomic mass is 9.63. The van der Waals surface area contributed by atoms with Gasteiger partial charge in [-0.3, -0.25) is 4.79 Å². The molecule has 1 N–H and O–H groups in total. The summed E-state index contributed by atoms with van der Waals surface area (Å²) in [6.07, 6.45) is 1.40. The number of carbonyl (C=O) groups excluding carboxylic acids is 1. The lowest BCUT2D eigenvalue weighted by molar-refractivity contribution is -0.128. The Morgan fingerprint density at radius 3 is 2.45 bits per heavy atom. The molecule has 0 bridgehead atoms. The predicted octanol–water partition coefficient (Wildman–Crippen LogP) is 3.35. The summed E-state index contributed by atoms with van der Waals surface area (Å²) in [7, 11) is 0. The van der Waals surface area contributed by atoms with Crippen molar-refractivity contribution in [2.24, 2.45) is 11.3 Å².